The fraction of sp³-hybridized carbons (Fsp3) is 0.375. The number of benzene rings is 1. The summed E-state index contributed by atoms with van der Waals surface area (Å²) in [7, 11) is 0. The van der Waals surface area contributed by atoms with Crippen LogP contribution in [0.1, 0.15) is 23.8 Å². The van der Waals surface area contributed by atoms with Crippen LogP contribution in [0.5, 0.6) is 0 Å². The Labute approximate surface area is 142 Å². The van der Waals surface area contributed by atoms with Crippen LogP contribution in [-0.2, 0) is 0 Å². The van der Waals surface area contributed by atoms with Gasteiger partial charge >= 0.3 is 0 Å². The highest BCUT2D eigenvalue weighted by Crippen LogP contribution is 2.30. The van der Waals surface area contributed by atoms with Crippen LogP contribution in [0.2, 0.25) is 0 Å². The number of carbonyl (C=O) groups excluding carboxylic acids is 1. The Morgan fingerprint density at radius 1 is 1.32 bits per heavy atom. The van der Waals surface area contributed by atoms with Crippen molar-refractivity contribution in [3.05, 3.63) is 42.2 Å². The monoisotopic (exact) mass is 341 g/mol. The maximum absolute atomic E-state index is 12.7. The van der Waals surface area contributed by atoms with E-state index in [0.717, 1.165) is 23.7 Å². The summed E-state index contributed by atoms with van der Waals surface area (Å²) in [6, 6.07) is 9.79. The van der Waals surface area contributed by atoms with E-state index in [9.17, 15) is 4.79 Å². The number of fused-ring (bicyclic) bond motifs is 1. The summed E-state index contributed by atoms with van der Waals surface area (Å²) in [5, 5.41) is 1.97. The van der Waals surface area contributed by atoms with Gasteiger partial charge in [0.15, 0.2) is 0 Å². The zero-order valence-electron chi connectivity index (χ0n) is 12.5. The van der Waals surface area contributed by atoms with Crippen molar-refractivity contribution in [1.29, 1.82) is 0 Å². The molecule has 1 aliphatic heterocycles. The van der Waals surface area contributed by atoms with Gasteiger partial charge in [0.05, 0.1) is 0 Å². The highest BCUT2D eigenvalue weighted by molar-refractivity contribution is 6.05. The number of hydrogen-bond donors (Lipinski definition) is 1. The van der Waals surface area contributed by atoms with Crippen LogP contribution in [0, 0.1) is 5.41 Å². The first-order valence-electron chi connectivity index (χ1n) is 6.96. The van der Waals surface area contributed by atoms with Gasteiger partial charge in [0.1, 0.15) is 5.69 Å². The maximum atomic E-state index is 12.7. The van der Waals surface area contributed by atoms with E-state index in [1.807, 2.05) is 35.2 Å². The first-order chi connectivity index (χ1) is 9.63. The van der Waals surface area contributed by atoms with Gasteiger partial charge < -0.3 is 10.6 Å². The van der Waals surface area contributed by atoms with E-state index in [4.69, 9.17) is 5.73 Å². The lowest BCUT2D eigenvalue weighted by molar-refractivity contribution is 0.0773. The molecule has 0 bridgehead atoms. The number of halogens is 2. The third-order valence-corrected chi connectivity index (χ3v) is 4.21. The van der Waals surface area contributed by atoms with E-state index >= 15 is 0 Å². The van der Waals surface area contributed by atoms with Gasteiger partial charge in [-0.15, -0.1) is 24.8 Å². The first-order valence-corrected chi connectivity index (χ1v) is 6.96. The standard InChI is InChI=1S/C16H19N3O.2ClH/c1-16(10-17)7-9-19(11-16)15(20)14-13-5-3-2-4-12(13)6-8-18-14;;/h2-6,8H,7,9-11,17H2,1H3;2*1H. The van der Waals surface area contributed by atoms with Gasteiger partial charge in [0.25, 0.3) is 5.91 Å². The van der Waals surface area contributed by atoms with Crippen LogP contribution in [0.4, 0.5) is 0 Å². The number of likely N-dealkylation sites (tertiary alicyclic amines) is 1. The quantitative estimate of drug-likeness (QED) is 0.913. The van der Waals surface area contributed by atoms with Crippen LogP contribution < -0.4 is 5.73 Å². The molecule has 6 heteroatoms. The Hall–Kier alpha value is -1.36. The second-order valence-electron chi connectivity index (χ2n) is 5.87. The van der Waals surface area contributed by atoms with Crippen LogP contribution >= 0.6 is 24.8 Å². The van der Waals surface area contributed by atoms with Crippen LogP contribution in [0.25, 0.3) is 10.8 Å². The summed E-state index contributed by atoms with van der Waals surface area (Å²) >= 11 is 0. The van der Waals surface area contributed by atoms with Gasteiger partial charge in [-0.3, -0.25) is 9.78 Å². The normalized spacial score (nSPS) is 20.4. The van der Waals surface area contributed by atoms with Gasteiger partial charge in [-0.25, -0.2) is 0 Å². The predicted molar refractivity (Wildman–Crippen MR) is 93.9 cm³/mol. The number of amides is 1. The molecule has 4 nitrogen and oxygen atoms in total. The van der Waals surface area contributed by atoms with Gasteiger partial charge in [-0.2, -0.15) is 0 Å². The van der Waals surface area contributed by atoms with Crippen molar-refractivity contribution in [1.82, 2.24) is 9.88 Å². The highest BCUT2D eigenvalue weighted by Gasteiger charge is 2.35. The average molecular weight is 342 g/mol. The first kappa shape index (κ1) is 18.7. The third kappa shape index (κ3) is 3.35. The predicted octanol–water partition coefficient (Wildman–Crippen LogP) is 2.89. The Balaban J connectivity index is 0.00000121. The second-order valence-corrected chi connectivity index (χ2v) is 5.87. The molecule has 1 saturated heterocycles. The number of carbonyl (C=O) groups is 1. The van der Waals surface area contributed by atoms with Gasteiger partial charge in [0, 0.05) is 24.7 Å². The molecular formula is C16H21Cl2N3O. The highest BCUT2D eigenvalue weighted by atomic mass is 35.5. The summed E-state index contributed by atoms with van der Waals surface area (Å²) in [5.41, 5.74) is 6.39. The summed E-state index contributed by atoms with van der Waals surface area (Å²) in [6.45, 7) is 4.22. The molecule has 1 aliphatic rings. The minimum Gasteiger partial charge on any atom is -0.337 e. The lowest BCUT2D eigenvalue weighted by Gasteiger charge is -2.22. The summed E-state index contributed by atoms with van der Waals surface area (Å²) in [4.78, 5) is 18.9. The average Bonchev–Trinajstić information content (AvgIpc) is 2.89. The van der Waals surface area contributed by atoms with Crippen molar-refractivity contribution in [3.8, 4) is 0 Å². The van der Waals surface area contributed by atoms with Crippen molar-refractivity contribution in [2.45, 2.75) is 13.3 Å². The second kappa shape index (κ2) is 7.27. The van der Waals surface area contributed by atoms with E-state index in [1.54, 1.807) is 6.20 Å². The number of pyridine rings is 1. The topological polar surface area (TPSA) is 59.2 Å². The number of rotatable bonds is 2. The molecule has 1 unspecified atom stereocenters. The van der Waals surface area contributed by atoms with Crippen molar-refractivity contribution >= 4 is 41.5 Å². The largest absolute Gasteiger partial charge is 0.337 e. The molecule has 2 heterocycles. The molecule has 3 rings (SSSR count). The molecule has 2 aromatic rings. The molecule has 2 N–H and O–H groups in total. The summed E-state index contributed by atoms with van der Waals surface area (Å²) in [5.74, 6) is 0.0129. The molecule has 1 amide bonds. The summed E-state index contributed by atoms with van der Waals surface area (Å²) < 4.78 is 0. The zero-order valence-corrected chi connectivity index (χ0v) is 14.1. The number of hydrogen-bond acceptors (Lipinski definition) is 3. The minimum absolute atomic E-state index is 0. The van der Waals surface area contributed by atoms with E-state index in [2.05, 4.69) is 11.9 Å². The van der Waals surface area contributed by atoms with Crippen LogP contribution in [0.3, 0.4) is 0 Å². The molecule has 22 heavy (non-hydrogen) atoms. The van der Waals surface area contributed by atoms with E-state index < -0.39 is 0 Å². The lowest BCUT2D eigenvalue weighted by atomic mass is 9.90. The fourth-order valence-corrected chi connectivity index (χ4v) is 2.80. The molecule has 1 atom stereocenters. The van der Waals surface area contributed by atoms with Crippen molar-refractivity contribution in [2.75, 3.05) is 19.6 Å². The van der Waals surface area contributed by atoms with Gasteiger partial charge in [-0.05, 0) is 29.8 Å². The Kier molecular flexibility index (Phi) is 6.17. The Morgan fingerprint density at radius 2 is 2.05 bits per heavy atom. The molecular weight excluding hydrogens is 321 g/mol. The molecule has 120 valence electrons. The van der Waals surface area contributed by atoms with Crippen molar-refractivity contribution in [3.63, 3.8) is 0 Å². The molecule has 1 aromatic heterocycles. The fourth-order valence-electron chi connectivity index (χ4n) is 2.80. The molecule has 0 radical (unpaired) electrons. The van der Waals surface area contributed by atoms with Crippen molar-refractivity contribution in [2.24, 2.45) is 11.1 Å². The maximum Gasteiger partial charge on any atom is 0.273 e. The SMILES string of the molecule is CC1(CN)CCN(C(=O)c2nccc3ccccc23)C1.Cl.Cl. The van der Waals surface area contributed by atoms with Crippen LogP contribution in [-0.4, -0.2) is 35.4 Å². The number of nitrogens with zero attached hydrogens (tertiary/aromatic N) is 2. The number of aromatic nitrogens is 1. The summed E-state index contributed by atoms with van der Waals surface area (Å²) in [6.07, 6.45) is 2.66. The van der Waals surface area contributed by atoms with Crippen molar-refractivity contribution < 1.29 is 4.79 Å². The van der Waals surface area contributed by atoms with E-state index in [0.29, 0.717) is 18.8 Å². The third-order valence-electron chi connectivity index (χ3n) is 4.21. The molecule has 0 spiro atoms. The molecule has 0 aliphatic carbocycles. The zero-order chi connectivity index (χ0) is 14.2. The molecule has 0 saturated carbocycles. The number of nitrogens with two attached hydrogens (primary N) is 1. The Morgan fingerprint density at radius 3 is 2.73 bits per heavy atom. The van der Waals surface area contributed by atoms with E-state index in [-0.39, 0.29) is 36.1 Å². The van der Waals surface area contributed by atoms with Gasteiger partial charge in [0.2, 0.25) is 0 Å². The lowest BCUT2D eigenvalue weighted by Crippen LogP contribution is -2.34. The minimum atomic E-state index is 0. The smallest absolute Gasteiger partial charge is 0.273 e. The van der Waals surface area contributed by atoms with Crippen LogP contribution in [0.15, 0.2) is 36.5 Å². The van der Waals surface area contributed by atoms with Gasteiger partial charge in [-0.1, -0.05) is 31.2 Å². The Bertz CT molecular complexity index is 659. The molecule has 1 fully saturated rings. The van der Waals surface area contributed by atoms with E-state index in [1.165, 1.54) is 0 Å². The molecule has 1 aromatic carbocycles.